The SMILES string of the molecule is Cc1ccc(NC(=O)CSc2nc3cc(C)ccc3cc2C#N)cc1. The molecule has 1 N–H and O–H groups in total. The number of rotatable bonds is 4. The normalized spacial score (nSPS) is 10.4. The van der Waals surface area contributed by atoms with Crippen molar-refractivity contribution in [2.45, 2.75) is 18.9 Å². The molecule has 2 aromatic carbocycles. The molecule has 124 valence electrons. The molecule has 0 unspecified atom stereocenters. The quantitative estimate of drug-likeness (QED) is 0.708. The average Bonchev–Trinajstić information content (AvgIpc) is 2.61. The molecular formula is C20H17N3OS. The molecule has 1 heterocycles. The van der Waals surface area contributed by atoms with Gasteiger partial charge in [0.15, 0.2) is 0 Å². The summed E-state index contributed by atoms with van der Waals surface area (Å²) in [5.74, 6) is 0.0799. The van der Waals surface area contributed by atoms with Gasteiger partial charge in [0.1, 0.15) is 11.1 Å². The van der Waals surface area contributed by atoms with Gasteiger partial charge in [-0.3, -0.25) is 4.79 Å². The van der Waals surface area contributed by atoms with Gasteiger partial charge in [-0.2, -0.15) is 5.26 Å². The highest BCUT2D eigenvalue weighted by atomic mass is 32.2. The smallest absolute Gasteiger partial charge is 0.234 e. The fourth-order valence-corrected chi connectivity index (χ4v) is 3.18. The second-order valence-electron chi connectivity index (χ2n) is 5.85. The number of thioether (sulfide) groups is 1. The molecule has 0 spiro atoms. The Morgan fingerprint density at radius 1 is 1.12 bits per heavy atom. The number of nitriles is 1. The van der Waals surface area contributed by atoms with Crippen molar-refractivity contribution in [1.82, 2.24) is 4.98 Å². The standard InChI is InChI=1S/C20H17N3OS/c1-13-4-7-17(8-5-13)22-19(24)12-25-20-16(11-21)10-15-6-3-14(2)9-18(15)23-20/h3-10H,12H2,1-2H3,(H,22,24). The predicted molar refractivity (Wildman–Crippen MR) is 102 cm³/mol. The zero-order chi connectivity index (χ0) is 17.8. The summed E-state index contributed by atoms with van der Waals surface area (Å²) in [5, 5.41) is 13.7. The Bertz CT molecular complexity index is 975. The van der Waals surface area contributed by atoms with Crippen LogP contribution >= 0.6 is 11.8 Å². The number of fused-ring (bicyclic) bond motifs is 1. The third-order valence-electron chi connectivity index (χ3n) is 3.73. The first-order valence-electron chi connectivity index (χ1n) is 7.86. The maximum absolute atomic E-state index is 12.1. The topological polar surface area (TPSA) is 65.8 Å². The van der Waals surface area contributed by atoms with Gasteiger partial charge in [-0.05, 0) is 43.7 Å². The first-order chi connectivity index (χ1) is 12.0. The fourth-order valence-electron chi connectivity index (χ4n) is 2.42. The molecule has 0 bridgehead atoms. The van der Waals surface area contributed by atoms with Crippen molar-refractivity contribution in [2.24, 2.45) is 0 Å². The van der Waals surface area contributed by atoms with Crippen LogP contribution in [0.3, 0.4) is 0 Å². The number of aromatic nitrogens is 1. The van der Waals surface area contributed by atoms with Gasteiger partial charge in [0.25, 0.3) is 0 Å². The molecule has 0 atom stereocenters. The van der Waals surface area contributed by atoms with Crippen molar-refractivity contribution in [3.63, 3.8) is 0 Å². The van der Waals surface area contributed by atoms with E-state index in [1.165, 1.54) is 11.8 Å². The van der Waals surface area contributed by atoms with Crippen LogP contribution in [0.1, 0.15) is 16.7 Å². The van der Waals surface area contributed by atoms with Crippen LogP contribution < -0.4 is 5.32 Å². The molecule has 0 aliphatic carbocycles. The van der Waals surface area contributed by atoms with E-state index in [1.54, 1.807) is 0 Å². The fraction of sp³-hybridized carbons (Fsp3) is 0.150. The minimum atomic E-state index is -0.121. The zero-order valence-electron chi connectivity index (χ0n) is 14.0. The lowest BCUT2D eigenvalue weighted by molar-refractivity contribution is -0.113. The van der Waals surface area contributed by atoms with Crippen molar-refractivity contribution in [3.8, 4) is 6.07 Å². The predicted octanol–water partition coefficient (Wildman–Crippen LogP) is 4.45. The monoisotopic (exact) mass is 347 g/mol. The van der Waals surface area contributed by atoms with E-state index < -0.39 is 0 Å². The molecule has 25 heavy (non-hydrogen) atoms. The molecular weight excluding hydrogens is 330 g/mol. The highest BCUT2D eigenvalue weighted by molar-refractivity contribution is 8.00. The van der Waals surface area contributed by atoms with Gasteiger partial charge in [-0.15, -0.1) is 0 Å². The number of aryl methyl sites for hydroxylation is 2. The Balaban J connectivity index is 1.74. The summed E-state index contributed by atoms with van der Waals surface area (Å²) in [7, 11) is 0. The largest absolute Gasteiger partial charge is 0.325 e. The maximum Gasteiger partial charge on any atom is 0.234 e. The van der Waals surface area contributed by atoms with E-state index in [1.807, 2.05) is 62.4 Å². The number of amides is 1. The highest BCUT2D eigenvalue weighted by Gasteiger charge is 2.10. The van der Waals surface area contributed by atoms with Gasteiger partial charge >= 0.3 is 0 Å². The van der Waals surface area contributed by atoms with E-state index in [-0.39, 0.29) is 11.7 Å². The summed E-state index contributed by atoms with van der Waals surface area (Å²) < 4.78 is 0. The maximum atomic E-state index is 12.1. The molecule has 0 saturated carbocycles. The van der Waals surface area contributed by atoms with Crippen molar-refractivity contribution in [3.05, 3.63) is 65.2 Å². The van der Waals surface area contributed by atoms with Crippen LogP contribution in [-0.2, 0) is 4.79 Å². The van der Waals surface area contributed by atoms with Gasteiger partial charge in [0.2, 0.25) is 5.91 Å². The Kier molecular flexibility index (Phi) is 5.01. The summed E-state index contributed by atoms with van der Waals surface area (Å²) in [5.41, 5.74) is 4.34. The van der Waals surface area contributed by atoms with Crippen LogP contribution in [-0.4, -0.2) is 16.6 Å². The molecule has 3 rings (SSSR count). The Morgan fingerprint density at radius 3 is 2.56 bits per heavy atom. The zero-order valence-corrected chi connectivity index (χ0v) is 14.9. The molecule has 1 amide bonds. The Morgan fingerprint density at radius 2 is 1.84 bits per heavy atom. The molecule has 0 radical (unpaired) electrons. The number of nitrogens with zero attached hydrogens (tertiary/aromatic N) is 2. The minimum absolute atomic E-state index is 0.121. The second kappa shape index (κ2) is 7.37. The number of anilines is 1. The summed E-state index contributed by atoms with van der Waals surface area (Å²) >= 11 is 1.28. The number of carbonyl (C=O) groups excluding carboxylic acids is 1. The highest BCUT2D eigenvalue weighted by Crippen LogP contribution is 2.25. The molecule has 1 aromatic heterocycles. The van der Waals surface area contributed by atoms with Crippen molar-refractivity contribution in [2.75, 3.05) is 11.1 Å². The lowest BCUT2D eigenvalue weighted by Crippen LogP contribution is -2.14. The van der Waals surface area contributed by atoms with Crippen LogP contribution in [0.25, 0.3) is 10.9 Å². The van der Waals surface area contributed by atoms with E-state index in [2.05, 4.69) is 16.4 Å². The number of nitrogens with one attached hydrogen (secondary N) is 1. The summed E-state index contributed by atoms with van der Waals surface area (Å²) in [6.45, 7) is 4.00. The molecule has 3 aromatic rings. The number of benzene rings is 2. The Hall–Kier alpha value is -2.84. The number of hydrogen-bond donors (Lipinski definition) is 1. The van der Waals surface area contributed by atoms with Gasteiger partial charge in [-0.25, -0.2) is 4.98 Å². The summed E-state index contributed by atoms with van der Waals surface area (Å²) in [6.07, 6.45) is 0. The van der Waals surface area contributed by atoms with Crippen LogP contribution in [0.15, 0.2) is 53.6 Å². The van der Waals surface area contributed by atoms with E-state index >= 15 is 0 Å². The molecule has 0 aliphatic rings. The number of hydrogen-bond acceptors (Lipinski definition) is 4. The van der Waals surface area contributed by atoms with E-state index in [0.717, 1.165) is 27.7 Å². The van der Waals surface area contributed by atoms with Crippen LogP contribution in [0.4, 0.5) is 5.69 Å². The van der Waals surface area contributed by atoms with Crippen LogP contribution in [0.2, 0.25) is 0 Å². The lowest BCUT2D eigenvalue weighted by Gasteiger charge is -2.07. The molecule has 5 heteroatoms. The number of carbonyl (C=O) groups is 1. The van der Waals surface area contributed by atoms with Gasteiger partial charge < -0.3 is 5.32 Å². The van der Waals surface area contributed by atoms with Crippen LogP contribution in [0.5, 0.6) is 0 Å². The van der Waals surface area contributed by atoms with E-state index in [4.69, 9.17) is 0 Å². The average molecular weight is 347 g/mol. The van der Waals surface area contributed by atoms with E-state index in [0.29, 0.717) is 10.6 Å². The second-order valence-corrected chi connectivity index (χ2v) is 6.82. The minimum Gasteiger partial charge on any atom is -0.325 e. The number of pyridine rings is 1. The van der Waals surface area contributed by atoms with Crippen LogP contribution in [0, 0.1) is 25.2 Å². The third-order valence-corrected chi connectivity index (χ3v) is 4.73. The first kappa shape index (κ1) is 17.0. The molecule has 4 nitrogen and oxygen atoms in total. The molecule has 0 saturated heterocycles. The van der Waals surface area contributed by atoms with Gasteiger partial charge in [-0.1, -0.05) is 41.6 Å². The molecule has 0 aliphatic heterocycles. The van der Waals surface area contributed by atoms with Crippen molar-refractivity contribution < 1.29 is 4.79 Å². The lowest BCUT2D eigenvalue weighted by atomic mass is 10.1. The van der Waals surface area contributed by atoms with Crippen molar-refractivity contribution in [1.29, 1.82) is 5.26 Å². The van der Waals surface area contributed by atoms with Crippen molar-refractivity contribution >= 4 is 34.3 Å². The van der Waals surface area contributed by atoms with E-state index in [9.17, 15) is 10.1 Å². The summed E-state index contributed by atoms with van der Waals surface area (Å²) in [6, 6.07) is 17.6. The van der Waals surface area contributed by atoms with Gasteiger partial charge in [0, 0.05) is 11.1 Å². The summed E-state index contributed by atoms with van der Waals surface area (Å²) in [4.78, 5) is 16.7. The Labute approximate surface area is 150 Å². The molecule has 0 fully saturated rings. The first-order valence-corrected chi connectivity index (χ1v) is 8.84. The van der Waals surface area contributed by atoms with Gasteiger partial charge in [0.05, 0.1) is 16.8 Å². The third kappa shape index (κ3) is 4.17.